The Bertz CT molecular complexity index is 429. The maximum atomic E-state index is 11.4. The molecule has 0 saturated carbocycles. The van der Waals surface area contributed by atoms with Gasteiger partial charge in [-0.25, -0.2) is 4.79 Å². The summed E-state index contributed by atoms with van der Waals surface area (Å²) in [4.78, 5) is 11.4. The Balaban J connectivity index is 2.77. The summed E-state index contributed by atoms with van der Waals surface area (Å²) < 4.78 is 15.3. The van der Waals surface area contributed by atoms with E-state index in [2.05, 4.69) is 4.74 Å². The molecular formula is C13H19NO4. The van der Waals surface area contributed by atoms with Gasteiger partial charge in [0.1, 0.15) is 12.1 Å². The molecule has 1 rings (SSSR count). The second-order valence-corrected chi connectivity index (χ2v) is 4.35. The largest absolute Gasteiger partial charge is 0.493 e. The van der Waals surface area contributed by atoms with E-state index >= 15 is 0 Å². The summed E-state index contributed by atoms with van der Waals surface area (Å²) in [5.74, 6) is 0.632. The number of ether oxygens (including phenoxy) is 3. The Labute approximate surface area is 107 Å². The summed E-state index contributed by atoms with van der Waals surface area (Å²) in [7, 11) is 2.85. The maximum Gasteiger partial charge on any atom is 0.329 e. The van der Waals surface area contributed by atoms with Gasteiger partial charge >= 0.3 is 5.97 Å². The van der Waals surface area contributed by atoms with E-state index in [0.29, 0.717) is 11.5 Å². The number of aryl methyl sites for hydroxylation is 1. The average Bonchev–Trinajstić information content (AvgIpc) is 2.36. The quantitative estimate of drug-likeness (QED) is 0.800. The first kappa shape index (κ1) is 14.3. The maximum absolute atomic E-state index is 11.4. The van der Waals surface area contributed by atoms with Crippen molar-refractivity contribution in [2.24, 2.45) is 5.73 Å². The molecule has 0 aliphatic rings. The second kappa shape index (κ2) is 5.73. The van der Waals surface area contributed by atoms with Gasteiger partial charge in [0, 0.05) is 0 Å². The van der Waals surface area contributed by atoms with Crippen molar-refractivity contribution in [3.05, 3.63) is 23.8 Å². The minimum Gasteiger partial charge on any atom is -0.493 e. The van der Waals surface area contributed by atoms with Crippen LogP contribution in [-0.2, 0) is 9.53 Å². The number of hydrogen-bond acceptors (Lipinski definition) is 5. The smallest absolute Gasteiger partial charge is 0.329 e. The molecule has 18 heavy (non-hydrogen) atoms. The fourth-order valence-corrected chi connectivity index (χ4v) is 1.41. The SMILES string of the molecule is COC(=O)C(C)(N)COc1ccc(C)cc1OC. The van der Waals surface area contributed by atoms with Gasteiger partial charge in [-0.2, -0.15) is 0 Å². The zero-order chi connectivity index (χ0) is 13.8. The second-order valence-electron chi connectivity index (χ2n) is 4.35. The van der Waals surface area contributed by atoms with Crippen molar-refractivity contribution in [1.29, 1.82) is 0 Å². The molecule has 2 N–H and O–H groups in total. The van der Waals surface area contributed by atoms with Crippen molar-refractivity contribution in [3.8, 4) is 11.5 Å². The molecule has 0 saturated heterocycles. The Hall–Kier alpha value is -1.75. The molecule has 1 atom stereocenters. The standard InChI is InChI=1S/C13H19NO4/c1-9-5-6-10(11(7-9)16-3)18-8-13(2,14)12(15)17-4/h5-7H,8,14H2,1-4H3. The van der Waals surface area contributed by atoms with E-state index in [-0.39, 0.29) is 6.61 Å². The van der Waals surface area contributed by atoms with Crippen LogP contribution in [0.5, 0.6) is 11.5 Å². The van der Waals surface area contributed by atoms with Crippen molar-refractivity contribution < 1.29 is 19.0 Å². The van der Waals surface area contributed by atoms with E-state index in [0.717, 1.165) is 5.56 Å². The lowest BCUT2D eigenvalue weighted by Crippen LogP contribution is -2.50. The van der Waals surface area contributed by atoms with Gasteiger partial charge in [-0.15, -0.1) is 0 Å². The molecule has 0 spiro atoms. The predicted octanol–water partition coefficient (Wildman–Crippen LogP) is 1.27. The summed E-state index contributed by atoms with van der Waals surface area (Å²) in [6.07, 6.45) is 0. The number of nitrogens with two attached hydrogens (primary N) is 1. The summed E-state index contributed by atoms with van der Waals surface area (Å²) in [5, 5.41) is 0. The summed E-state index contributed by atoms with van der Waals surface area (Å²) in [6, 6.07) is 5.52. The van der Waals surface area contributed by atoms with Crippen molar-refractivity contribution >= 4 is 5.97 Å². The first-order chi connectivity index (χ1) is 8.40. The van der Waals surface area contributed by atoms with Gasteiger partial charge < -0.3 is 19.9 Å². The molecule has 1 aromatic rings. The summed E-state index contributed by atoms with van der Waals surface area (Å²) in [5.41, 5.74) is 5.67. The number of methoxy groups -OCH3 is 2. The zero-order valence-corrected chi connectivity index (χ0v) is 11.1. The van der Waals surface area contributed by atoms with Crippen molar-refractivity contribution in [2.45, 2.75) is 19.4 Å². The van der Waals surface area contributed by atoms with Crippen LogP contribution in [0.15, 0.2) is 18.2 Å². The average molecular weight is 253 g/mol. The van der Waals surface area contributed by atoms with Gasteiger partial charge in [0.05, 0.1) is 14.2 Å². The molecule has 0 aromatic heterocycles. The number of benzene rings is 1. The van der Waals surface area contributed by atoms with Gasteiger partial charge in [0.25, 0.3) is 0 Å². The van der Waals surface area contributed by atoms with Crippen molar-refractivity contribution in [2.75, 3.05) is 20.8 Å². The van der Waals surface area contributed by atoms with E-state index < -0.39 is 11.5 Å². The summed E-state index contributed by atoms with van der Waals surface area (Å²) in [6.45, 7) is 3.52. The lowest BCUT2D eigenvalue weighted by atomic mass is 10.1. The van der Waals surface area contributed by atoms with Crippen LogP contribution in [0, 0.1) is 6.92 Å². The number of esters is 1. The molecule has 0 radical (unpaired) electrons. The molecule has 5 nitrogen and oxygen atoms in total. The Morgan fingerprint density at radius 1 is 1.33 bits per heavy atom. The van der Waals surface area contributed by atoms with Crippen LogP contribution in [0.4, 0.5) is 0 Å². The highest BCUT2D eigenvalue weighted by atomic mass is 16.5. The first-order valence-corrected chi connectivity index (χ1v) is 5.55. The van der Waals surface area contributed by atoms with Gasteiger partial charge in [-0.05, 0) is 31.5 Å². The third-order valence-corrected chi connectivity index (χ3v) is 2.50. The number of carbonyl (C=O) groups excluding carboxylic acids is 1. The highest BCUT2D eigenvalue weighted by Gasteiger charge is 2.30. The number of hydrogen-bond donors (Lipinski definition) is 1. The van der Waals surface area contributed by atoms with Crippen LogP contribution in [0.1, 0.15) is 12.5 Å². The van der Waals surface area contributed by atoms with Crippen LogP contribution >= 0.6 is 0 Å². The van der Waals surface area contributed by atoms with Gasteiger partial charge in [-0.3, -0.25) is 0 Å². The normalized spacial score (nSPS) is 13.6. The van der Waals surface area contributed by atoms with Gasteiger partial charge in [-0.1, -0.05) is 6.07 Å². The van der Waals surface area contributed by atoms with Crippen LogP contribution in [-0.4, -0.2) is 32.3 Å². The van der Waals surface area contributed by atoms with E-state index in [1.54, 1.807) is 20.1 Å². The molecule has 0 amide bonds. The highest BCUT2D eigenvalue weighted by Crippen LogP contribution is 2.28. The molecule has 0 aliphatic carbocycles. The van der Waals surface area contributed by atoms with Crippen LogP contribution in [0.2, 0.25) is 0 Å². The lowest BCUT2D eigenvalue weighted by molar-refractivity contribution is -0.147. The molecule has 1 unspecified atom stereocenters. The molecule has 0 bridgehead atoms. The van der Waals surface area contributed by atoms with Crippen molar-refractivity contribution in [3.63, 3.8) is 0 Å². The van der Waals surface area contributed by atoms with E-state index in [9.17, 15) is 4.79 Å². The summed E-state index contributed by atoms with van der Waals surface area (Å²) >= 11 is 0. The minimum atomic E-state index is -1.19. The first-order valence-electron chi connectivity index (χ1n) is 5.55. The van der Waals surface area contributed by atoms with Crippen LogP contribution in [0.25, 0.3) is 0 Å². The molecular weight excluding hydrogens is 234 g/mol. The van der Waals surface area contributed by atoms with E-state index in [1.807, 2.05) is 19.1 Å². The predicted molar refractivity (Wildman–Crippen MR) is 67.8 cm³/mol. The van der Waals surface area contributed by atoms with Crippen LogP contribution < -0.4 is 15.2 Å². The third kappa shape index (κ3) is 3.37. The molecule has 1 aromatic carbocycles. The third-order valence-electron chi connectivity index (χ3n) is 2.50. The number of carbonyl (C=O) groups is 1. The molecule has 100 valence electrons. The Morgan fingerprint density at radius 3 is 2.56 bits per heavy atom. The monoisotopic (exact) mass is 253 g/mol. The molecule has 0 aliphatic heterocycles. The highest BCUT2D eigenvalue weighted by molar-refractivity contribution is 5.80. The fraction of sp³-hybridized carbons (Fsp3) is 0.462. The Kier molecular flexibility index (Phi) is 4.55. The fourth-order valence-electron chi connectivity index (χ4n) is 1.41. The van der Waals surface area contributed by atoms with Gasteiger partial charge in [0.15, 0.2) is 11.5 Å². The van der Waals surface area contributed by atoms with E-state index in [1.165, 1.54) is 7.11 Å². The molecule has 5 heteroatoms. The molecule has 0 heterocycles. The topological polar surface area (TPSA) is 70.8 Å². The van der Waals surface area contributed by atoms with E-state index in [4.69, 9.17) is 15.2 Å². The van der Waals surface area contributed by atoms with Crippen molar-refractivity contribution in [1.82, 2.24) is 0 Å². The minimum absolute atomic E-state index is 0.0130. The number of rotatable bonds is 5. The Morgan fingerprint density at radius 2 is 2.00 bits per heavy atom. The lowest BCUT2D eigenvalue weighted by Gasteiger charge is -2.22. The molecule has 0 fully saturated rings. The zero-order valence-electron chi connectivity index (χ0n) is 11.1. The van der Waals surface area contributed by atoms with Crippen LogP contribution in [0.3, 0.4) is 0 Å². The van der Waals surface area contributed by atoms with Gasteiger partial charge in [0.2, 0.25) is 0 Å².